The highest BCUT2D eigenvalue weighted by molar-refractivity contribution is 5.84. The van der Waals surface area contributed by atoms with Crippen LogP contribution < -0.4 is 0 Å². The molecule has 0 saturated carbocycles. The first-order valence-electron chi connectivity index (χ1n) is 13.4. The molecule has 4 aromatic rings. The zero-order valence-corrected chi connectivity index (χ0v) is 24.0. The van der Waals surface area contributed by atoms with Crippen LogP contribution in [0.2, 0.25) is 0 Å². The van der Waals surface area contributed by atoms with Gasteiger partial charge in [0.25, 0.3) is 0 Å². The molecule has 2 unspecified atom stereocenters. The Morgan fingerprint density at radius 2 is 0.737 bits per heavy atom. The Morgan fingerprint density at radius 1 is 0.447 bits per heavy atom. The fourth-order valence-corrected chi connectivity index (χ4v) is 5.92. The van der Waals surface area contributed by atoms with E-state index in [2.05, 4.69) is 100 Å². The molecule has 4 aromatic carbocycles. The Hall–Kier alpha value is -3.46. The van der Waals surface area contributed by atoms with Crippen LogP contribution in [0.1, 0.15) is 79.0 Å². The lowest BCUT2D eigenvalue weighted by Gasteiger charge is -2.29. The normalized spacial score (nSPS) is 12.8. The third-order valence-corrected chi connectivity index (χ3v) is 7.58. The summed E-state index contributed by atoms with van der Waals surface area (Å²) in [6.07, 6.45) is -1.99. The maximum Gasteiger partial charge on any atom is 0.104 e. The molecule has 0 aliphatic heterocycles. The molecule has 0 aromatic heterocycles. The van der Waals surface area contributed by atoms with Crippen LogP contribution in [0.25, 0.3) is 5.57 Å². The molecule has 2 atom stereocenters. The molecule has 2 N–H and O–H groups in total. The Bertz CT molecular complexity index is 1330. The molecule has 0 aliphatic carbocycles. The van der Waals surface area contributed by atoms with Crippen molar-refractivity contribution in [2.75, 3.05) is 0 Å². The maximum atomic E-state index is 12.3. The third kappa shape index (κ3) is 5.53. The molecule has 0 spiro atoms. The summed E-state index contributed by atoms with van der Waals surface area (Å²) in [5.74, 6) is 0. The van der Waals surface area contributed by atoms with E-state index in [0.29, 0.717) is 5.57 Å². The Labute approximate surface area is 228 Å². The summed E-state index contributed by atoms with van der Waals surface area (Å²) in [4.78, 5) is 0. The van der Waals surface area contributed by atoms with Crippen molar-refractivity contribution in [1.82, 2.24) is 0 Å². The predicted molar refractivity (Wildman–Crippen MR) is 160 cm³/mol. The van der Waals surface area contributed by atoms with Crippen LogP contribution in [0.3, 0.4) is 0 Å². The molecule has 0 aliphatic rings. The molecule has 0 heterocycles. The lowest BCUT2D eigenvalue weighted by molar-refractivity contribution is 0.145. The summed E-state index contributed by atoms with van der Waals surface area (Å²) >= 11 is 0. The second-order valence-electron chi connectivity index (χ2n) is 11.0. The SMILES string of the molecule is Cc1ccc(C(=C(C(O)c2c(C)cc(C)cc2C)C(O)c2c(C)cc(C)cc2C)c2ccc(C)cc2)cc1. The number of rotatable bonds is 6. The minimum atomic E-state index is -0.997. The van der Waals surface area contributed by atoms with E-state index in [1.54, 1.807) is 0 Å². The second-order valence-corrected chi connectivity index (χ2v) is 11.0. The van der Waals surface area contributed by atoms with Crippen LogP contribution in [-0.4, -0.2) is 10.2 Å². The van der Waals surface area contributed by atoms with Gasteiger partial charge in [-0.25, -0.2) is 0 Å². The molecule has 0 amide bonds. The van der Waals surface area contributed by atoms with E-state index in [9.17, 15) is 10.2 Å². The Balaban J connectivity index is 2.12. The summed E-state index contributed by atoms with van der Waals surface area (Å²) in [5.41, 5.74) is 13.8. The summed E-state index contributed by atoms with van der Waals surface area (Å²) in [5, 5.41) is 24.6. The minimum absolute atomic E-state index is 0.600. The molecule has 0 saturated heterocycles. The van der Waals surface area contributed by atoms with E-state index in [0.717, 1.165) is 72.3 Å². The standard InChI is InChI=1S/C36H40O2/c1-21-9-13-29(14-10-21)33(30-15-11-22(2)12-16-30)34(35(37)31-25(5)17-23(3)18-26(31)6)36(38)32-27(7)19-24(4)20-28(32)8/h9-20,35-38H,1-8H3. The van der Waals surface area contributed by atoms with Crippen molar-refractivity contribution < 1.29 is 10.2 Å². The molecule has 196 valence electrons. The quantitative estimate of drug-likeness (QED) is 0.277. The minimum Gasteiger partial charge on any atom is -0.384 e. The van der Waals surface area contributed by atoms with Gasteiger partial charge in [-0.2, -0.15) is 0 Å². The number of hydrogen-bond donors (Lipinski definition) is 2. The number of hydrogen-bond acceptors (Lipinski definition) is 2. The molecule has 0 bridgehead atoms. The van der Waals surface area contributed by atoms with Gasteiger partial charge < -0.3 is 10.2 Å². The lowest BCUT2D eigenvalue weighted by atomic mass is 9.79. The van der Waals surface area contributed by atoms with Crippen molar-refractivity contribution in [3.63, 3.8) is 0 Å². The van der Waals surface area contributed by atoms with Crippen molar-refractivity contribution in [1.29, 1.82) is 0 Å². The van der Waals surface area contributed by atoms with Gasteiger partial charge in [0.1, 0.15) is 12.2 Å². The largest absolute Gasteiger partial charge is 0.384 e. The van der Waals surface area contributed by atoms with Gasteiger partial charge in [0, 0.05) is 5.57 Å². The van der Waals surface area contributed by atoms with E-state index < -0.39 is 12.2 Å². The van der Waals surface area contributed by atoms with Crippen molar-refractivity contribution >= 4 is 5.57 Å². The first-order chi connectivity index (χ1) is 18.0. The topological polar surface area (TPSA) is 40.5 Å². The van der Waals surface area contributed by atoms with Gasteiger partial charge >= 0.3 is 0 Å². The van der Waals surface area contributed by atoms with Gasteiger partial charge in [-0.3, -0.25) is 0 Å². The van der Waals surface area contributed by atoms with E-state index >= 15 is 0 Å². The van der Waals surface area contributed by atoms with Crippen LogP contribution in [0.5, 0.6) is 0 Å². The van der Waals surface area contributed by atoms with Gasteiger partial charge in [-0.1, -0.05) is 95.1 Å². The van der Waals surface area contributed by atoms with Crippen LogP contribution in [0, 0.1) is 55.4 Å². The van der Waals surface area contributed by atoms with Crippen LogP contribution >= 0.6 is 0 Å². The van der Waals surface area contributed by atoms with E-state index in [-0.39, 0.29) is 0 Å². The molecular formula is C36H40O2. The fraction of sp³-hybridized carbons (Fsp3) is 0.278. The summed E-state index contributed by atoms with van der Waals surface area (Å²) in [7, 11) is 0. The number of aryl methyl sites for hydroxylation is 8. The van der Waals surface area contributed by atoms with E-state index in [1.165, 1.54) is 0 Å². The molecule has 2 heteroatoms. The summed E-state index contributed by atoms with van der Waals surface area (Å²) in [6.45, 7) is 16.5. The zero-order chi connectivity index (χ0) is 27.7. The average molecular weight is 505 g/mol. The third-order valence-electron chi connectivity index (χ3n) is 7.58. The maximum absolute atomic E-state index is 12.3. The highest BCUT2D eigenvalue weighted by atomic mass is 16.3. The molecule has 2 nitrogen and oxygen atoms in total. The molecule has 38 heavy (non-hydrogen) atoms. The Kier molecular flexibility index (Phi) is 8.06. The van der Waals surface area contributed by atoms with Crippen molar-refractivity contribution in [3.05, 3.63) is 145 Å². The van der Waals surface area contributed by atoms with Gasteiger partial charge in [0.15, 0.2) is 0 Å². The number of aliphatic hydroxyl groups is 2. The van der Waals surface area contributed by atoms with Gasteiger partial charge in [-0.15, -0.1) is 0 Å². The molecule has 0 radical (unpaired) electrons. The monoisotopic (exact) mass is 504 g/mol. The first-order valence-corrected chi connectivity index (χ1v) is 13.4. The van der Waals surface area contributed by atoms with Crippen molar-refractivity contribution in [2.24, 2.45) is 0 Å². The van der Waals surface area contributed by atoms with Crippen LogP contribution in [0.15, 0.2) is 78.4 Å². The van der Waals surface area contributed by atoms with E-state index in [4.69, 9.17) is 0 Å². The smallest absolute Gasteiger partial charge is 0.104 e. The predicted octanol–water partition coefficient (Wildman–Crippen LogP) is 8.42. The van der Waals surface area contributed by atoms with E-state index in [1.807, 2.05) is 27.7 Å². The highest BCUT2D eigenvalue weighted by Gasteiger charge is 2.31. The highest BCUT2D eigenvalue weighted by Crippen LogP contribution is 2.44. The Morgan fingerprint density at radius 3 is 1.03 bits per heavy atom. The van der Waals surface area contributed by atoms with Crippen LogP contribution in [0.4, 0.5) is 0 Å². The zero-order valence-electron chi connectivity index (χ0n) is 24.0. The number of benzene rings is 4. The molecular weight excluding hydrogens is 464 g/mol. The fourth-order valence-electron chi connectivity index (χ4n) is 5.92. The van der Waals surface area contributed by atoms with Gasteiger partial charge in [0.05, 0.1) is 0 Å². The van der Waals surface area contributed by atoms with Crippen molar-refractivity contribution in [3.8, 4) is 0 Å². The lowest BCUT2D eigenvalue weighted by Crippen LogP contribution is -2.17. The molecule has 0 fully saturated rings. The summed E-state index contributed by atoms with van der Waals surface area (Å²) in [6, 6.07) is 25.1. The number of aliphatic hydroxyl groups excluding tert-OH is 2. The van der Waals surface area contributed by atoms with Gasteiger partial charge in [-0.05, 0) is 105 Å². The van der Waals surface area contributed by atoms with Crippen LogP contribution in [-0.2, 0) is 0 Å². The van der Waals surface area contributed by atoms with Gasteiger partial charge in [0.2, 0.25) is 0 Å². The summed E-state index contributed by atoms with van der Waals surface area (Å²) < 4.78 is 0. The average Bonchev–Trinajstić information content (AvgIpc) is 2.82. The second kappa shape index (κ2) is 11.1. The molecule has 4 rings (SSSR count). The first kappa shape index (κ1) is 27.6. The van der Waals surface area contributed by atoms with Crippen molar-refractivity contribution in [2.45, 2.75) is 67.6 Å².